The van der Waals surface area contributed by atoms with Gasteiger partial charge in [0.05, 0.1) is 29.7 Å². The number of hydrogen-bond donors (Lipinski definition) is 2. The number of carbonyl (C=O) groups is 1. The Kier molecular flexibility index (Phi) is 6.40. The van der Waals surface area contributed by atoms with Crippen LogP contribution in [0.5, 0.6) is 5.75 Å². The molecule has 0 amide bonds. The molecule has 2 aromatic heterocycles. The molecule has 0 radical (unpaired) electrons. The molecule has 0 fully saturated rings. The fourth-order valence-electron chi connectivity index (χ4n) is 3.40. The Bertz CT molecular complexity index is 1310. The van der Waals surface area contributed by atoms with Crippen LogP contribution in [-0.2, 0) is 23.1 Å². The molecular formula is C23H19F3N2O3S2. The Balaban J connectivity index is 1.55. The molecule has 4 aromatic rings. The lowest BCUT2D eigenvalue weighted by Crippen LogP contribution is -2.03. The van der Waals surface area contributed by atoms with E-state index in [2.05, 4.69) is 9.97 Å². The van der Waals surface area contributed by atoms with Gasteiger partial charge in [-0.3, -0.25) is 4.79 Å². The van der Waals surface area contributed by atoms with E-state index in [-0.39, 0.29) is 6.42 Å². The molecule has 0 aliphatic rings. The number of H-pyrrole nitrogens is 1. The number of rotatable bonds is 7. The minimum atomic E-state index is -4.37. The highest BCUT2D eigenvalue weighted by Crippen LogP contribution is 2.39. The second kappa shape index (κ2) is 9.11. The van der Waals surface area contributed by atoms with Crippen LogP contribution >= 0.6 is 23.1 Å². The van der Waals surface area contributed by atoms with Crippen LogP contribution in [0.2, 0.25) is 0 Å². The standard InChI is InChI=1S/C23H19F3N2O3S2/c1-12-20(33-22(28-12)13-3-5-15(6-4-13)23(24,25)26)11-32-19-9-17-16(8-18(19)31-2)14(10-27-17)7-21(29)30/h3-6,8-10,27H,7,11H2,1-2H3,(H,29,30). The molecule has 10 heteroatoms. The van der Waals surface area contributed by atoms with E-state index in [0.29, 0.717) is 27.6 Å². The summed E-state index contributed by atoms with van der Waals surface area (Å²) in [5.41, 5.74) is 2.29. The first-order chi connectivity index (χ1) is 15.7. The first-order valence-corrected chi connectivity index (χ1v) is 11.6. The highest BCUT2D eigenvalue weighted by molar-refractivity contribution is 7.98. The van der Waals surface area contributed by atoms with Crippen LogP contribution in [0.25, 0.3) is 21.5 Å². The number of aliphatic carboxylic acids is 1. The summed E-state index contributed by atoms with van der Waals surface area (Å²) in [6, 6.07) is 8.77. The fourth-order valence-corrected chi connectivity index (χ4v) is 5.66. The number of hydrogen-bond acceptors (Lipinski definition) is 5. The predicted molar refractivity (Wildman–Crippen MR) is 123 cm³/mol. The van der Waals surface area contributed by atoms with E-state index in [1.54, 1.807) is 25.1 Å². The SMILES string of the molecule is COc1cc2c(CC(=O)O)c[nH]c2cc1SCc1sc(-c2ccc(C(F)(F)F)cc2)nc1C. The second-order valence-electron chi connectivity index (χ2n) is 7.32. The number of benzene rings is 2. The van der Waals surface area contributed by atoms with E-state index in [1.165, 1.54) is 23.5 Å². The predicted octanol–water partition coefficient (Wildman–Crippen LogP) is 6.55. The number of aromatic nitrogens is 2. The lowest BCUT2D eigenvalue weighted by molar-refractivity contribution is -0.138. The molecule has 0 saturated heterocycles. The first-order valence-electron chi connectivity index (χ1n) is 9.82. The van der Waals surface area contributed by atoms with Crippen LogP contribution < -0.4 is 4.74 Å². The van der Waals surface area contributed by atoms with Crippen molar-refractivity contribution < 1.29 is 27.8 Å². The number of nitrogens with zero attached hydrogens (tertiary/aromatic N) is 1. The van der Waals surface area contributed by atoms with Crippen LogP contribution in [0.4, 0.5) is 13.2 Å². The number of methoxy groups -OCH3 is 1. The third-order valence-electron chi connectivity index (χ3n) is 5.10. The molecule has 0 spiro atoms. The van der Waals surface area contributed by atoms with Gasteiger partial charge in [0.2, 0.25) is 0 Å². The van der Waals surface area contributed by atoms with E-state index in [1.807, 2.05) is 19.1 Å². The first kappa shape index (κ1) is 23.2. The van der Waals surface area contributed by atoms with Crippen molar-refractivity contribution in [2.75, 3.05) is 7.11 Å². The monoisotopic (exact) mass is 492 g/mol. The van der Waals surface area contributed by atoms with Gasteiger partial charge in [-0.1, -0.05) is 12.1 Å². The summed E-state index contributed by atoms with van der Waals surface area (Å²) in [4.78, 5) is 20.6. The van der Waals surface area contributed by atoms with Gasteiger partial charge in [0.1, 0.15) is 10.8 Å². The highest BCUT2D eigenvalue weighted by atomic mass is 32.2. The normalized spacial score (nSPS) is 11.8. The van der Waals surface area contributed by atoms with E-state index < -0.39 is 17.7 Å². The van der Waals surface area contributed by atoms with Gasteiger partial charge < -0.3 is 14.8 Å². The number of halogens is 3. The Morgan fingerprint density at radius 3 is 2.61 bits per heavy atom. The quantitative estimate of drug-likeness (QED) is 0.286. The van der Waals surface area contributed by atoms with E-state index in [4.69, 9.17) is 9.84 Å². The molecule has 0 aliphatic heterocycles. The number of ether oxygens (including phenoxy) is 1. The van der Waals surface area contributed by atoms with Gasteiger partial charge in [-0.2, -0.15) is 13.2 Å². The van der Waals surface area contributed by atoms with Gasteiger partial charge in [0, 0.05) is 33.3 Å². The maximum Gasteiger partial charge on any atom is 0.416 e. The zero-order chi connectivity index (χ0) is 23.8. The topological polar surface area (TPSA) is 75.2 Å². The van der Waals surface area contributed by atoms with E-state index in [9.17, 15) is 18.0 Å². The van der Waals surface area contributed by atoms with Gasteiger partial charge >= 0.3 is 12.1 Å². The summed E-state index contributed by atoms with van der Waals surface area (Å²) >= 11 is 3.00. The summed E-state index contributed by atoms with van der Waals surface area (Å²) in [6.07, 6.45) is -2.76. The third-order valence-corrected chi connectivity index (χ3v) is 7.56. The molecular weight excluding hydrogens is 473 g/mol. The van der Waals surface area contributed by atoms with Crippen LogP contribution in [0.15, 0.2) is 47.5 Å². The average Bonchev–Trinajstić information content (AvgIpc) is 3.33. The Labute approximate surface area is 195 Å². The fraction of sp³-hybridized carbons (Fsp3) is 0.217. The smallest absolute Gasteiger partial charge is 0.416 e. The van der Waals surface area contributed by atoms with Crippen molar-refractivity contribution in [3.63, 3.8) is 0 Å². The number of thiazole rings is 1. The number of fused-ring (bicyclic) bond motifs is 1. The van der Waals surface area contributed by atoms with Crippen LogP contribution in [0.1, 0.15) is 21.7 Å². The van der Waals surface area contributed by atoms with Gasteiger partial charge in [-0.15, -0.1) is 23.1 Å². The van der Waals surface area contributed by atoms with Crippen molar-refractivity contribution in [1.82, 2.24) is 9.97 Å². The van der Waals surface area contributed by atoms with Gasteiger partial charge in [0.25, 0.3) is 0 Å². The number of thioether (sulfide) groups is 1. The van der Waals surface area contributed by atoms with Crippen molar-refractivity contribution in [2.45, 2.75) is 30.2 Å². The number of aryl methyl sites for hydroxylation is 1. The molecule has 0 saturated carbocycles. The maximum absolute atomic E-state index is 12.8. The zero-order valence-electron chi connectivity index (χ0n) is 17.6. The lowest BCUT2D eigenvalue weighted by atomic mass is 10.1. The number of carboxylic acids is 1. The third kappa shape index (κ3) is 5.01. The minimum absolute atomic E-state index is 0.0809. The molecule has 0 atom stereocenters. The molecule has 4 rings (SSSR count). The highest BCUT2D eigenvalue weighted by Gasteiger charge is 2.30. The largest absolute Gasteiger partial charge is 0.496 e. The molecule has 0 unspecified atom stereocenters. The van der Waals surface area contributed by atoms with E-state index in [0.717, 1.165) is 38.5 Å². The van der Waals surface area contributed by atoms with Crippen molar-refractivity contribution >= 4 is 40.0 Å². The summed E-state index contributed by atoms with van der Waals surface area (Å²) < 4.78 is 44.0. The maximum atomic E-state index is 12.8. The molecule has 172 valence electrons. The molecule has 5 nitrogen and oxygen atoms in total. The molecule has 33 heavy (non-hydrogen) atoms. The van der Waals surface area contributed by atoms with Crippen LogP contribution in [0.3, 0.4) is 0 Å². The minimum Gasteiger partial charge on any atom is -0.496 e. The van der Waals surface area contributed by atoms with Gasteiger partial charge in [0.15, 0.2) is 0 Å². The average molecular weight is 493 g/mol. The summed E-state index contributed by atoms with van der Waals surface area (Å²) in [6.45, 7) is 1.88. The molecule has 0 bridgehead atoms. The van der Waals surface area contributed by atoms with Gasteiger partial charge in [-0.25, -0.2) is 4.98 Å². The van der Waals surface area contributed by atoms with E-state index >= 15 is 0 Å². The Morgan fingerprint density at radius 2 is 1.97 bits per heavy atom. The summed E-state index contributed by atoms with van der Waals surface area (Å²) in [7, 11) is 1.56. The van der Waals surface area contributed by atoms with Crippen molar-refractivity contribution in [3.05, 3.63) is 64.3 Å². The van der Waals surface area contributed by atoms with Crippen molar-refractivity contribution in [1.29, 1.82) is 0 Å². The van der Waals surface area contributed by atoms with Crippen molar-refractivity contribution in [3.8, 4) is 16.3 Å². The Hall–Kier alpha value is -2.98. The summed E-state index contributed by atoms with van der Waals surface area (Å²) in [5, 5.41) is 10.6. The summed E-state index contributed by atoms with van der Waals surface area (Å²) in [5.74, 6) is 0.344. The molecule has 2 heterocycles. The molecule has 0 aliphatic carbocycles. The van der Waals surface area contributed by atoms with Crippen LogP contribution in [-0.4, -0.2) is 28.2 Å². The number of carboxylic acid groups (broad SMARTS) is 1. The second-order valence-corrected chi connectivity index (χ2v) is 9.43. The van der Waals surface area contributed by atoms with Crippen molar-refractivity contribution in [2.24, 2.45) is 0 Å². The number of nitrogens with one attached hydrogen (secondary N) is 1. The number of aromatic amines is 1. The molecule has 2 aromatic carbocycles. The lowest BCUT2D eigenvalue weighted by Gasteiger charge is -2.09. The molecule has 2 N–H and O–H groups in total. The zero-order valence-corrected chi connectivity index (χ0v) is 19.2. The number of alkyl halides is 3. The van der Waals surface area contributed by atoms with Crippen LogP contribution in [0, 0.1) is 6.92 Å². The van der Waals surface area contributed by atoms with Gasteiger partial charge in [-0.05, 0) is 36.8 Å². The Morgan fingerprint density at radius 1 is 1.24 bits per heavy atom.